The molecule has 0 atom stereocenters. The maximum Gasteiger partial charge on any atom is 0.262 e. The van der Waals surface area contributed by atoms with E-state index < -0.39 is 10.0 Å². The number of halogens is 2. The first-order valence-corrected chi connectivity index (χ1v) is 8.15. The van der Waals surface area contributed by atoms with Crippen LogP contribution >= 0.6 is 27.5 Å². The molecule has 0 spiro atoms. The zero-order valence-corrected chi connectivity index (χ0v) is 13.6. The maximum atomic E-state index is 12.4. The summed E-state index contributed by atoms with van der Waals surface area (Å²) in [7, 11) is -3.76. The van der Waals surface area contributed by atoms with Crippen LogP contribution in [-0.2, 0) is 10.0 Å². The third kappa shape index (κ3) is 3.05. The Kier molecular flexibility index (Phi) is 4.22. The van der Waals surface area contributed by atoms with Gasteiger partial charge in [0.15, 0.2) is 0 Å². The van der Waals surface area contributed by atoms with E-state index in [2.05, 4.69) is 25.6 Å². The lowest BCUT2D eigenvalue weighted by Crippen LogP contribution is -2.15. The van der Waals surface area contributed by atoms with E-state index in [-0.39, 0.29) is 10.6 Å². The van der Waals surface area contributed by atoms with Crippen molar-refractivity contribution in [3.63, 3.8) is 0 Å². The molecule has 0 aliphatic heterocycles. The van der Waals surface area contributed by atoms with Crippen molar-refractivity contribution in [1.82, 2.24) is 4.98 Å². The summed E-state index contributed by atoms with van der Waals surface area (Å²) in [5, 5.41) is 0.323. The van der Waals surface area contributed by atoms with Crippen LogP contribution in [-0.4, -0.2) is 13.4 Å². The highest BCUT2D eigenvalue weighted by molar-refractivity contribution is 9.10. The van der Waals surface area contributed by atoms with Crippen LogP contribution in [0, 0.1) is 6.92 Å². The van der Waals surface area contributed by atoms with Crippen molar-refractivity contribution in [3.8, 4) is 0 Å². The van der Waals surface area contributed by atoms with Crippen molar-refractivity contribution in [2.45, 2.75) is 11.8 Å². The Bertz CT molecular complexity index is 765. The van der Waals surface area contributed by atoms with E-state index in [1.165, 1.54) is 12.1 Å². The highest BCUT2D eigenvalue weighted by Crippen LogP contribution is 2.28. The summed E-state index contributed by atoms with van der Waals surface area (Å²) in [6.07, 6.45) is 1.55. The van der Waals surface area contributed by atoms with Crippen LogP contribution < -0.4 is 10.5 Å². The van der Waals surface area contributed by atoms with Gasteiger partial charge in [0, 0.05) is 6.20 Å². The van der Waals surface area contributed by atoms with Crippen LogP contribution in [0.4, 0.5) is 11.4 Å². The lowest BCUT2D eigenvalue weighted by atomic mass is 10.2. The van der Waals surface area contributed by atoms with Gasteiger partial charge in [0.25, 0.3) is 10.0 Å². The molecule has 0 aliphatic rings. The van der Waals surface area contributed by atoms with Crippen LogP contribution in [0.5, 0.6) is 0 Å². The maximum absolute atomic E-state index is 12.4. The Morgan fingerprint density at radius 2 is 2.10 bits per heavy atom. The standard InChI is InChI=1S/C12H11BrClN3O2S/c1-7-5-8(14)9(15)6-11(7)20(18,19)17-10-3-2-4-16-12(10)13/h2-6,17H,15H2,1H3. The van der Waals surface area contributed by atoms with Crippen LogP contribution in [0.25, 0.3) is 0 Å². The third-order valence-corrected chi connectivity index (χ3v) is 5.05. The molecule has 1 heterocycles. The molecule has 0 saturated heterocycles. The molecule has 0 aliphatic carbocycles. The molecule has 2 aromatic rings. The predicted molar refractivity (Wildman–Crippen MR) is 83.3 cm³/mol. The van der Waals surface area contributed by atoms with Gasteiger partial charge >= 0.3 is 0 Å². The van der Waals surface area contributed by atoms with Crippen molar-refractivity contribution in [1.29, 1.82) is 0 Å². The lowest BCUT2D eigenvalue weighted by molar-refractivity contribution is 0.600. The minimum atomic E-state index is -3.76. The number of nitrogen functional groups attached to an aromatic ring is 1. The van der Waals surface area contributed by atoms with Gasteiger partial charge < -0.3 is 5.73 Å². The van der Waals surface area contributed by atoms with Crippen molar-refractivity contribution in [2.75, 3.05) is 10.5 Å². The fraction of sp³-hybridized carbons (Fsp3) is 0.0833. The van der Waals surface area contributed by atoms with Gasteiger partial charge in [0.05, 0.1) is 21.3 Å². The highest BCUT2D eigenvalue weighted by atomic mass is 79.9. The van der Waals surface area contributed by atoms with E-state index in [9.17, 15) is 8.42 Å². The summed E-state index contributed by atoms with van der Waals surface area (Å²) >= 11 is 9.05. The van der Waals surface area contributed by atoms with Gasteiger partial charge in [-0.05, 0) is 52.7 Å². The number of hydrogen-bond acceptors (Lipinski definition) is 4. The molecule has 8 heteroatoms. The molecule has 0 radical (unpaired) electrons. The minimum Gasteiger partial charge on any atom is -0.397 e. The number of nitrogens with one attached hydrogen (secondary N) is 1. The van der Waals surface area contributed by atoms with E-state index in [1.807, 2.05) is 0 Å². The molecule has 0 bridgehead atoms. The summed E-state index contributed by atoms with van der Waals surface area (Å²) in [5.74, 6) is 0. The van der Waals surface area contributed by atoms with Crippen molar-refractivity contribution in [2.24, 2.45) is 0 Å². The van der Waals surface area contributed by atoms with E-state index in [1.54, 1.807) is 25.3 Å². The Balaban J connectivity index is 2.47. The quantitative estimate of drug-likeness (QED) is 0.636. The molecule has 106 valence electrons. The SMILES string of the molecule is Cc1cc(Cl)c(N)cc1S(=O)(=O)Nc1cccnc1Br. The molecule has 1 aromatic heterocycles. The van der Waals surface area contributed by atoms with Crippen LogP contribution in [0.3, 0.4) is 0 Å². The number of aromatic nitrogens is 1. The fourth-order valence-electron chi connectivity index (χ4n) is 1.62. The first kappa shape index (κ1) is 15.1. The fourth-order valence-corrected chi connectivity index (χ4v) is 3.65. The Morgan fingerprint density at radius 1 is 1.40 bits per heavy atom. The van der Waals surface area contributed by atoms with E-state index >= 15 is 0 Å². The van der Waals surface area contributed by atoms with Crippen LogP contribution in [0.1, 0.15) is 5.56 Å². The monoisotopic (exact) mass is 375 g/mol. The van der Waals surface area contributed by atoms with Gasteiger partial charge in [-0.2, -0.15) is 0 Å². The largest absolute Gasteiger partial charge is 0.397 e. The molecule has 20 heavy (non-hydrogen) atoms. The Morgan fingerprint density at radius 3 is 2.75 bits per heavy atom. The Labute approximate surface area is 130 Å². The second-order valence-electron chi connectivity index (χ2n) is 4.09. The van der Waals surface area contributed by atoms with E-state index in [4.69, 9.17) is 17.3 Å². The number of nitrogens with two attached hydrogens (primary N) is 1. The first-order chi connectivity index (χ1) is 9.31. The van der Waals surface area contributed by atoms with Gasteiger partial charge in [0.2, 0.25) is 0 Å². The number of nitrogens with zero attached hydrogens (tertiary/aromatic N) is 1. The normalized spacial score (nSPS) is 11.3. The average molecular weight is 377 g/mol. The zero-order chi connectivity index (χ0) is 14.9. The number of aryl methyl sites for hydroxylation is 1. The number of benzene rings is 1. The summed E-state index contributed by atoms with van der Waals surface area (Å²) < 4.78 is 27.6. The topological polar surface area (TPSA) is 85.1 Å². The molecule has 3 N–H and O–H groups in total. The highest BCUT2D eigenvalue weighted by Gasteiger charge is 2.19. The zero-order valence-electron chi connectivity index (χ0n) is 10.4. The Hall–Kier alpha value is -1.31. The molecule has 0 saturated carbocycles. The third-order valence-electron chi connectivity index (χ3n) is 2.59. The summed E-state index contributed by atoms with van der Waals surface area (Å²) in [4.78, 5) is 4.03. The number of hydrogen-bond donors (Lipinski definition) is 2. The molecule has 0 fully saturated rings. The summed E-state index contributed by atoms with van der Waals surface area (Å²) in [6, 6.07) is 6.09. The lowest BCUT2D eigenvalue weighted by Gasteiger charge is -2.12. The van der Waals surface area contributed by atoms with Gasteiger partial charge in [0.1, 0.15) is 4.60 Å². The number of rotatable bonds is 3. The van der Waals surface area contributed by atoms with Crippen LogP contribution in [0.15, 0.2) is 40.0 Å². The van der Waals surface area contributed by atoms with E-state index in [0.717, 1.165) is 0 Å². The second kappa shape index (κ2) is 5.59. The smallest absolute Gasteiger partial charge is 0.262 e. The van der Waals surface area contributed by atoms with E-state index in [0.29, 0.717) is 20.9 Å². The van der Waals surface area contributed by atoms with Crippen LogP contribution in [0.2, 0.25) is 5.02 Å². The molecule has 1 aromatic carbocycles. The first-order valence-electron chi connectivity index (χ1n) is 5.50. The number of sulfonamides is 1. The second-order valence-corrected chi connectivity index (χ2v) is 6.90. The molecule has 0 amide bonds. The van der Waals surface area contributed by atoms with Crippen molar-refractivity contribution in [3.05, 3.63) is 45.7 Å². The predicted octanol–water partition coefficient (Wildman–Crippen LogP) is 3.19. The number of anilines is 2. The molecular formula is C12H11BrClN3O2S. The summed E-state index contributed by atoms with van der Waals surface area (Å²) in [6.45, 7) is 1.65. The minimum absolute atomic E-state index is 0.0788. The van der Waals surface area contributed by atoms with Gasteiger partial charge in [-0.15, -0.1) is 0 Å². The van der Waals surface area contributed by atoms with Gasteiger partial charge in [-0.1, -0.05) is 11.6 Å². The molecular weight excluding hydrogens is 366 g/mol. The average Bonchev–Trinajstić information content (AvgIpc) is 2.36. The molecule has 5 nitrogen and oxygen atoms in total. The summed E-state index contributed by atoms with van der Waals surface area (Å²) in [5.41, 5.74) is 6.73. The molecule has 2 rings (SSSR count). The van der Waals surface area contributed by atoms with Gasteiger partial charge in [-0.25, -0.2) is 13.4 Å². The van der Waals surface area contributed by atoms with Crippen molar-refractivity contribution >= 4 is 48.9 Å². The number of pyridine rings is 1. The molecule has 0 unspecified atom stereocenters. The van der Waals surface area contributed by atoms with Crippen molar-refractivity contribution < 1.29 is 8.42 Å². The van der Waals surface area contributed by atoms with Gasteiger partial charge in [-0.3, -0.25) is 4.72 Å².